The van der Waals surface area contributed by atoms with Gasteiger partial charge in [0.15, 0.2) is 0 Å². The van der Waals surface area contributed by atoms with Crippen molar-refractivity contribution in [3.8, 4) is 0 Å². The van der Waals surface area contributed by atoms with E-state index in [0.717, 1.165) is 13.0 Å². The van der Waals surface area contributed by atoms with Crippen LogP contribution in [0.5, 0.6) is 0 Å². The zero-order valence-corrected chi connectivity index (χ0v) is 7.90. The first-order valence-electron chi connectivity index (χ1n) is 4.56. The van der Waals surface area contributed by atoms with E-state index in [1.54, 1.807) is 13.1 Å². The van der Waals surface area contributed by atoms with E-state index in [2.05, 4.69) is 16.4 Å². The first kappa shape index (κ1) is 10.2. The van der Waals surface area contributed by atoms with Gasteiger partial charge in [-0.2, -0.15) is 0 Å². The number of aromatic nitrogens is 1. The van der Waals surface area contributed by atoms with E-state index in [1.807, 2.05) is 12.3 Å². The van der Waals surface area contributed by atoms with Gasteiger partial charge in [-0.3, -0.25) is 4.98 Å². The summed E-state index contributed by atoms with van der Waals surface area (Å²) in [5.41, 5.74) is 1.22. The third-order valence-electron chi connectivity index (χ3n) is 1.75. The van der Waals surface area contributed by atoms with Gasteiger partial charge in [0.25, 0.3) is 0 Å². The van der Waals surface area contributed by atoms with Gasteiger partial charge < -0.3 is 10.4 Å². The first-order chi connectivity index (χ1) is 6.29. The number of aliphatic hydroxyl groups is 1. The molecule has 1 atom stereocenters. The van der Waals surface area contributed by atoms with Gasteiger partial charge in [0.1, 0.15) is 0 Å². The van der Waals surface area contributed by atoms with Gasteiger partial charge >= 0.3 is 0 Å². The maximum absolute atomic E-state index is 8.97. The maximum Gasteiger partial charge on any atom is 0.0636 e. The Bertz CT molecular complexity index is 224. The predicted molar refractivity (Wildman–Crippen MR) is 52.5 cm³/mol. The van der Waals surface area contributed by atoms with Crippen LogP contribution in [0.25, 0.3) is 0 Å². The molecule has 3 heteroatoms. The molecule has 2 N–H and O–H groups in total. The second-order valence-corrected chi connectivity index (χ2v) is 3.16. The molecule has 0 aliphatic carbocycles. The Morgan fingerprint density at radius 3 is 3.08 bits per heavy atom. The van der Waals surface area contributed by atoms with Crippen LogP contribution in [0.2, 0.25) is 0 Å². The molecule has 0 saturated heterocycles. The van der Waals surface area contributed by atoms with Gasteiger partial charge in [-0.15, -0.1) is 0 Å². The minimum Gasteiger partial charge on any atom is -0.392 e. The first-order valence-corrected chi connectivity index (χ1v) is 4.56. The van der Waals surface area contributed by atoms with Crippen LogP contribution >= 0.6 is 0 Å². The molecule has 0 unspecified atom stereocenters. The molecule has 13 heavy (non-hydrogen) atoms. The summed E-state index contributed by atoms with van der Waals surface area (Å²) >= 11 is 0. The van der Waals surface area contributed by atoms with Crippen LogP contribution in [0.4, 0.5) is 0 Å². The van der Waals surface area contributed by atoms with Gasteiger partial charge in [0.2, 0.25) is 0 Å². The summed E-state index contributed by atoms with van der Waals surface area (Å²) in [6.45, 7) is 3.31. The van der Waals surface area contributed by atoms with Crippen molar-refractivity contribution in [3.05, 3.63) is 30.1 Å². The van der Waals surface area contributed by atoms with E-state index in [4.69, 9.17) is 5.11 Å². The molecule has 0 amide bonds. The number of rotatable bonds is 5. The highest BCUT2D eigenvalue weighted by atomic mass is 16.3. The number of hydrogen-bond donors (Lipinski definition) is 2. The Kier molecular flexibility index (Phi) is 4.43. The molecule has 72 valence electrons. The minimum absolute atomic E-state index is 0.270. The lowest BCUT2D eigenvalue weighted by Gasteiger charge is -2.06. The predicted octanol–water partition coefficient (Wildman–Crippen LogP) is 0.594. The molecule has 1 aromatic heterocycles. The lowest BCUT2D eigenvalue weighted by molar-refractivity contribution is 0.191. The van der Waals surface area contributed by atoms with E-state index in [9.17, 15) is 0 Å². The molecule has 0 saturated carbocycles. The van der Waals surface area contributed by atoms with Crippen LogP contribution in [0.3, 0.4) is 0 Å². The second-order valence-electron chi connectivity index (χ2n) is 3.16. The van der Waals surface area contributed by atoms with Crippen molar-refractivity contribution >= 4 is 0 Å². The van der Waals surface area contributed by atoms with Crippen molar-refractivity contribution in [2.45, 2.75) is 19.4 Å². The summed E-state index contributed by atoms with van der Waals surface area (Å²) in [4.78, 5) is 4.02. The van der Waals surface area contributed by atoms with E-state index in [0.29, 0.717) is 6.54 Å². The van der Waals surface area contributed by atoms with Crippen molar-refractivity contribution in [2.24, 2.45) is 0 Å². The Labute approximate surface area is 78.8 Å². The number of pyridine rings is 1. The van der Waals surface area contributed by atoms with Gasteiger partial charge in [-0.25, -0.2) is 0 Å². The standard InChI is InChI=1S/C10H16N2O/c1-9(13)7-12-6-4-10-3-2-5-11-8-10/h2-3,5,8-9,12-13H,4,6-7H2,1H3/t9-/m0/s1. The van der Waals surface area contributed by atoms with Crippen LogP contribution in [-0.4, -0.2) is 29.3 Å². The number of hydrogen-bond acceptors (Lipinski definition) is 3. The third-order valence-corrected chi connectivity index (χ3v) is 1.75. The summed E-state index contributed by atoms with van der Waals surface area (Å²) in [7, 11) is 0. The van der Waals surface area contributed by atoms with Crippen molar-refractivity contribution in [3.63, 3.8) is 0 Å². The molecular formula is C10H16N2O. The van der Waals surface area contributed by atoms with E-state index < -0.39 is 0 Å². The quantitative estimate of drug-likeness (QED) is 0.652. The number of aliphatic hydroxyl groups excluding tert-OH is 1. The second kappa shape index (κ2) is 5.67. The molecule has 0 fully saturated rings. The van der Waals surface area contributed by atoms with Crippen molar-refractivity contribution in [1.29, 1.82) is 0 Å². The third kappa shape index (κ3) is 4.60. The lowest BCUT2D eigenvalue weighted by Crippen LogP contribution is -2.26. The average Bonchev–Trinajstić information content (AvgIpc) is 2.14. The molecule has 1 aromatic rings. The van der Waals surface area contributed by atoms with Gasteiger partial charge in [0.05, 0.1) is 6.10 Å². The molecule has 1 heterocycles. The van der Waals surface area contributed by atoms with Crippen molar-refractivity contribution in [2.75, 3.05) is 13.1 Å². The lowest BCUT2D eigenvalue weighted by atomic mass is 10.2. The molecule has 0 aromatic carbocycles. The average molecular weight is 180 g/mol. The molecule has 0 bridgehead atoms. The highest BCUT2D eigenvalue weighted by Crippen LogP contribution is 1.95. The van der Waals surface area contributed by atoms with Crippen molar-refractivity contribution in [1.82, 2.24) is 10.3 Å². The zero-order valence-electron chi connectivity index (χ0n) is 7.90. The Balaban J connectivity index is 2.13. The zero-order chi connectivity index (χ0) is 9.52. The fourth-order valence-corrected chi connectivity index (χ4v) is 1.09. The molecular weight excluding hydrogens is 164 g/mol. The normalized spacial score (nSPS) is 12.8. The monoisotopic (exact) mass is 180 g/mol. The van der Waals surface area contributed by atoms with Gasteiger partial charge in [0, 0.05) is 18.9 Å². The van der Waals surface area contributed by atoms with E-state index in [-0.39, 0.29) is 6.10 Å². The van der Waals surface area contributed by atoms with Gasteiger partial charge in [-0.05, 0) is 31.5 Å². The molecule has 0 aliphatic heterocycles. The molecule has 0 aliphatic rings. The Morgan fingerprint density at radius 2 is 2.46 bits per heavy atom. The molecule has 1 rings (SSSR count). The summed E-state index contributed by atoms with van der Waals surface area (Å²) in [6.07, 6.45) is 4.33. The molecule has 0 spiro atoms. The van der Waals surface area contributed by atoms with E-state index >= 15 is 0 Å². The van der Waals surface area contributed by atoms with Crippen LogP contribution in [0, 0.1) is 0 Å². The minimum atomic E-state index is -0.270. The largest absolute Gasteiger partial charge is 0.392 e. The summed E-state index contributed by atoms with van der Waals surface area (Å²) < 4.78 is 0. The topological polar surface area (TPSA) is 45.1 Å². The van der Waals surface area contributed by atoms with E-state index in [1.165, 1.54) is 5.56 Å². The fourth-order valence-electron chi connectivity index (χ4n) is 1.09. The number of nitrogens with one attached hydrogen (secondary N) is 1. The van der Waals surface area contributed by atoms with Crippen LogP contribution in [-0.2, 0) is 6.42 Å². The molecule has 0 radical (unpaired) electrons. The smallest absolute Gasteiger partial charge is 0.0636 e. The van der Waals surface area contributed by atoms with Crippen LogP contribution in [0.1, 0.15) is 12.5 Å². The maximum atomic E-state index is 8.97. The highest BCUT2D eigenvalue weighted by Gasteiger charge is 1.94. The fraction of sp³-hybridized carbons (Fsp3) is 0.500. The highest BCUT2D eigenvalue weighted by molar-refractivity contribution is 5.08. The van der Waals surface area contributed by atoms with Crippen LogP contribution < -0.4 is 5.32 Å². The summed E-state index contributed by atoms with van der Waals surface area (Å²) in [5.74, 6) is 0. The van der Waals surface area contributed by atoms with Gasteiger partial charge in [-0.1, -0.05) is 6.07 Å². The van der Waals surface area contributed by atoms with Crippen molar-refractivity contribution < 1.29 is 5.11 Å². The summed E-state index contributed by atoms with van der Waals surface area (Å²) in [6, 6.07) is 3.99. The SMILES string of the molecule is C[C@H](O)CNCCc1cccnc1. The summed E-state index contributed by atoms with van der Waals surface area (Å²) in [5, 5.41) is 12.1. The molecule has 3 nitrogen and oxygen atoms in total. The van der Waals surface area contributed by atoms with Crippen LogP contribution in [0.15, 0.2) is 24.5 Å². The Morgan fingerprint density at radius 1 is 1.62 bits per heavy atom. The number of nitrogens with zero attached hydrogens (tertiary/aromatic N) is 1. The Hall–Kier alpha value is -0.930.